The van der Waals surface area contributed by atoms with Gasteiger partial charge < -0.3 is 30.7 Å². The molecule has 0 aromatic heterocycles. The Kier molecular flexibility index (Phi) is 22.2. The minimum atomic E-state index is -0.113. The molecule has 3 N–H and O–H groups in total. The first-order valence-electron chi connectivity index (χ1n) is 28.9. The van der Waals surface area contributed by atoms with E-state index in [1.165, 1.54) is 0 Å². The van der Waals surface area contributed by atoms with Crippen molar-refractivity contribution in [3.8, 4) is 23.7 Å². The molecule has 0 saturated heterocycles. The largest absolute Gasteiger partial charge is 0.355 e. The number of carbonyl (C=O) groups is 6. The topological polar surface area (TPSA) is 151 Å². The molecule has 422 valence electrons. The normalized spacial score (nSPS) is 12.0. The lowest BCUT2D eigenvalue weighted by molar-refractivity contribution is -0.122. The Morgan fingerprint density at radius 3 is 1.28 bits per heavy atom. The third kappa shape index (κ3) is 17.4. The highest BCUT2D eigenvalue weighted by atomic mass is 16.2. The van der Waals surface area contributed by atoms with Gasteiger partial charge in [-0.25, -0.2) is 0 Å². The lowest BCUT2D eigenvalue weighted by Gasteiger charge is -2.26. The monoisotopic (exact) mass is 1100 g/mol. The van der Waals surface area contributed by atoms with Crippen LogP contribution in [-0.4, -0.2) is 79.6 Å². The van der Waals surface area contributed by atoms with Crippen LogP contribution in [0.15, 0.2) is 146 Å². The van der Waals surface area contributed by atoms with Crippen LogP contribution in [-0.2, 0) is 48.4 Å². The Bertz CT molecular complexity index is 3200. The molecule has 82 heavy (non-hydrogen) atoms. The Labute approximate surface area is 483 Å². The Balaban J connectivity index is 0.782. The van der Waals surface area contributed by atoms with E-state index in [1.54, 1.807) is 9.80 Å². The van der Waals surface area contributed by atoms with E-state index < -0.39 is 0 Å². The molecule has 0 fully saturated rings. The Morgan fingerprint density at radius 2 is 0.805 bits per heavy atom. The van der Waals surface area contributed by atoms with Gasteiger partial charge in [0.15, 0.2) is 0 Å². The quantitative estimate of drug-likeness (QED) is 0.0343. The van der Waals surface area contributed by atoms with E-state index in [4.69, 9.17) is 0 Å². The molecule has 0 bridgehead atoms. The standard InChI is InChI=1S/C69H75N7O6/c1-52-21-3-5-27-58(52)49-74(61-30-12-4-22-53(61)2)67(80)36-18-15-33-64(77)70-43-46-73(47-44-71-65(78)34-16-19-37-68(81)75-50-59-28-8-6-23-54(59)39-41-56-25-10-13-31-62(56)75)48-45-72-66(79)35-17-20-38-69(82)76-51-60-29-9-7-24-55(60)40-42-57-26-11-14-32-63(57)76/h3-14,21-32H,15-20,33-38,43-51H2,1-2H3,(H,70,77)(H,71,78)(H,72,79). The van der Waals surface area contributed by atoms with Crippen LogP contribution in [0.25, 0.3) is 0 Å². The van der Waals surface area contributed by atoms with Gasteiger partial charge in [-0.3, -0.25) is 33.7 Å². The maximum atomic E-state index is 13.8. The van der Waals surface area contributed by atoms with Crippen molar-refractivity contribution in [2.45, 2.75) is 111 Å². The minimum Gasteiger partial charge on any atom is -0.355 e. The van der Waals surface area contributed by atoms with Gasteiger partial charge >= 0.3 is 0 Å². The fourth-order valence-electron chi connectivity index (χ4n) is 10.3. The first-order chi connectivity index (χ1) is 40.0. The number of aryl methyl sites for hydroxylation is 2. The van der Waals surface area contributed by atoms with Crippen LogP contribution >= 0.6 is 0 Å². The lowest BCUT2D eigenvalue weighted by Crippen LogP contribution is -2.43. The summed E-state index contributed by atoms with van der Waals surface area (Å²) in [5.41, 5.74) is 11.1. The molecular formula is C69H75N7O6. The second kappa shape index (κ2) is 30.7. The number of nitrogens with one attached hydrogen (secondary N) is 3. The molecule has 0 radical (unpaired) electrons. The summed E-state index contributed by atoms with van der Waals surface area (Å²) in [6, 6.07) is 47.1. The van der Waals surface area contributed by atoms with Gasteiger partial charge in [-0.05, 0) is 123 Å². The number of anilines is 3. The van der Waals surface area contributed by atoms with Gasteiger partial charge in [-0.15, -0.1) is 0 Å². The molecule has 0 unspecified atom stereocenters. The van der Waals surface area contributed by atoms with Crippen LogP contribution in [0.3, 0.4) is 0 Å². The second-order valence-corrected chi connectivity index (χ2v) is 21.0. The zero-order chi connectivity index (χ0) is 57.5. The van der Waals surface area contributed by atoms with E-state index >= 15 is 0 Å². The van der Waals surface area contributed by atoms with E-state index in [9.17, 15) is 28.8 Å². The highest BCUT2D eigenvalue weighted by Gasteiger charge is 2.24. The van der Waals surface area contributed by atoms with Gasteiger partial charge in [0, 0.05) is 106 Å². The smallest absolute Gasteiger partial charge is 0.227 e. The molecule has 0 aliphatic carbocycles. The molecule has 0 atom stereocenters. The zero-order valence-electron chi connectivity index (χ0n) is 47.4. The van der Waals surface area contributed by atoms with Crippen molar-refractivity contribution in [2.24, 2.45) is 0 Å². The van der Waals surface area contributed by atoms with Crippen molar-refractivity contribution in [3.63, 3.8) is 0 Å². The molecule has 0 spiro atoms. The fourth-order valence-corrected chi connectivity index (χ4v) is 10.3. The van der Waals surface area contributed by atoms with E-state index in [-0.39, 0.29) is 54.7 Å². The lowest BCUT2D eigenvalue weighted by atomic mass is 10.0. The first kappa shape index (κ1) is 59.3. The molecule has 0 saturated carbocycles. The van der Waals surface area contributed by atoms with Crippen molar-refractivity contribution in [3.05, 3.63) is 196 Å². The number of hydrogen-bond acceptors (Lipinski definition) is 7. The summed E-state index contributed by atoms with van der Waals surface area (Å²) in [5, 5.41) is 9.10. The van der Waals surface area contributed by atoms with Crippen LogP contribution in [0.4, 0.5) is 17.1 Å². The van der Waals surface area contributed by atoms with Crippen molar-refractivity contribution >= 4 is 52.5 Å². The van der Waals surface area contributed by atoms with Gasteiger partial charge in [0.2, 0.25) is 35.4 Å². The first-order valence-corrected chi connectivity index (χ1v) is 28.9. The van der Waals surface area contributed by atoms with Crippen molar-refractivity contribution in [1.29, 1.82) is 0 Å². The van der Waals surface area contributed by atoms with Crippen molar-refractivity contribution in [2.75, 3.05) is 54.0 Å². The number of unbranched alkanes of at least 4 members (excludes halogenated alkanes) is 3. The summed E-state index contributed by atoms with van der Waals surface area (Å²) in [6.07, 6.45) is 5.02. The van der Waals surface area contributed by atoms with Crippen LogP contribution < -0.4 is 30.7 Å². The molecule has 13 nitrogen and oxygen atoms in total. The van der Waals surface area contributed by atoms with Gasteiger partial charge in [0.05, 0.1) is 31.0 Å². The van der Waals surface area contributed by atoms with Crippen LogP contribution in [0.1, 0.15) is 127 Å². The highest BCUT2D eigenvalue weighted by Crippen LogP contribution is 2.29. The van der Waals surface area contributed by atoms with Gasteiger partial charge in [0.1, 0.15) is 0 Å². The predicted molar refractivity (Wildman–Crippen MR) is 325 cm³/mol. The Hall–Kier alpha value is -8.78. The summed E-state index contributed by atoms with van der Waals surface area (Å²) in [5.74, 6) is 12.6. The van der Waals surface area contributed by atoms with Gasteiger partial charge in [0.25, 0.3) is 0 Å². The predicted octanol–water partition coefficient (Wildman–Crippen LogP) is 10.1. The SMILES string of the molecule is Cc1ccccc1CN(C(=O)CCCCC(=O)NCCN(CCNC(=O)CCCCC(=O)N1Cc2ccccc2C#Cc2ccccc21)CCNC(=O)CCCCC(=O)N1Cc2ccccc2C#Cc2ccccc21)c1ccccc1C. The van der Waals surface area contributed by atoms with Crippen molar-refractivity contribution in [1.82, 2.24) is 20.9 Å². The molecule has 6 amide bonds. The summed E-state index contributed by atoms with van der Waals surface area (Å²) < 4.78 is 0. The van der Waals surface area contributed by atoms with Crippen LogP contribution in [0, 0.1) is 37.5 Å². The van der Waals surface area contributed by atoms with E-state index in [1.807, 2.05) is 145 Å². The van der Waals surface area contributed by atoms with Crippen LogP contribution in [0.5, 0.6) is 0 Å². The molecular weight excluding hydrogens is 1020 g/mol. The number of rotatable bonds is 27. The number of benzene rings is 6. The summed E-state index contributed by atoms with van der Waals surface area (Å²) in [6.45, 7) is 7.88. The van der Waals surface area contributed by atoms with Gasteiger partial charge in [-0.2, -0.15) is 0 Å². The summed E-state index contributed by atoms with van der Waals surface area (Å²) >= 11 is 0. The van der Waals surface area contributed by atoms with E-state index in [2.05, 4.69) is 63.6 Å². The minimum absolute atomic E-state index is 0.0127. The number of hydrogen-bond donors (Lipinski definition) is 3. The zero-order valence-corrected chi connectivity index (χ0v) is 47.4. The number of nitrogens with zero attached hydrogens (tertiary/aromatic N) is 4. The maximum absolute atomic E-state index is 13.8. The summed E-state index contributed by atoms with van der Waals surface area (Å²) in [4.78, 5) is 88.2. The second-order valence-electron chi connectivity index (χ2n) is 21.0. The molecule has 2 aliphatic rings. The number of para-hydroxylation sites is 3. The average Bonchev–Trinajstić information content (AvgIpc) is 3.68. The molecule has 8 rings (SSSR count). The summed E-state index contributed by atoms with van der Waals surface area (Å²) in [7, 11) is 0. The number of amides is 6. The third-order valence-corrected chi connectivity index (χ3v) is 15.0. The highest BCUT2D eigenvalue weighted by molar-refractivity contribution is 5.96. The van der Waals surface area contributed by atoms with E-state index in [0.29, 0.717) is 117 Å². The van der Waals surface area contributed by atoms with Crippen molar-refractivity contribution < 1.29 is 28.8 Å². The molecule has 2 heterocycles. The molecule has 6 aromatic rings. The molecule has 2 aliphatic heterocycles. The maximum Gasteiger partial charge on any atom is 0.227 e. The van der Waals surface area contributed by atoms with E-state index in [0.717, 1.165) is 67.1 Å². The van der Waals surface area contributed by atoms with Gasteiger partial charge in [-0.1, -0.05) is 127 Å². The van der Waals surface area contributed by atoms with Crippen LogP contribution in [0.2, 0.25) is 0 Å². The Morgan fingerprint density at radius 1 is 0.427 bits per heavy atom. The number of carbonyl (C=O) groups excluding carboxylic acids is 6. The molecule has 6 aromatic carbocycles. The number of fused-ring (bicyclic) bond motifs is 4. The third-order valence-electron chi connectivity index (χ3n) is 15.0. The average molecular weight is 1100 g/mol. The molecule has 13 heteroatoms. The fraction of sp³-hybridized carbons (Fsp3) is 0.333.